The SMILES string of the molecule is O=S(=O)(CC1CCNCC1)NCCC(F)(F)F. The van der Waals surface area contributed by atoms with E-state index in [-0.39, 0.29) is 11.7 Å². The molecule has 0 bridgehead atoms. The minimum Gasteiger partial charge on any atom is -0.317 e. The van der Waals surface area contributed by atoms with Gasteiger partial charge >= 0.3 is 6.18 Å². The third-order valence-electron chi connectivity index (χ3n) is 2.64. The molecule has 0 unspecified atom stereocenters. The first kappa shape index (κ1) is 14.7. The molecule has 2 N–H and O–H groups in total. The van der Waals surface area contributed by atoms with Gasteiger partial charge in [0.1, 0.15) is 0 Å². The molecule has 0 radical (unpaired) electrons. The minimum atomic E-state index is -4.32. The molecule has 1 aliphatic rings. The van der Waals surface area contributed by atoms with E-state index in [4.69, 9.17) is 0 Å². The van der Waals surface area contributed by atoms with E-state index in [1.807, 2.05) is 4.72 Å². The maximum Gasteiger partial charge on any atom is 0.390 e. The zero-order valence-electron chi connectivity index (χ0n) is 9.39. The Morgan fingerprint density at radius 1 is 1.24 bits per heavy atom. The average Bonchev–Trinajstić information content (AvgIpc) is 2.15. The summed E-state index contributed by atoms with van der Waals surface area (Å²) in [6.07, 6.45) is -3.95. The number of sulfonamides is 1. The van der Waals surface area contributed by atoms with Crippen molar-refractivity contribution in [1.29, 1.82) is 0 Å². The molecule has 0 spiro atoms. The predicted octanol–water partition coefficient (Wildman–Crippen LogP) is 0.858. The number of alkyl halides is 3. The van der Waals surface area contributed by atoms with E-state index >= 15 is 0 Å². The number of nitrogens with one attached hydrogen (secondary N) is 2. The predicted molar refractivity (Wildman–Crippen MR) is 58.1 cm³/mol. The highest BCUT2D eigenvalue weighted by Gasteiger charge is 2.28. The van der Waals surface area contributed by atoms with Gasteiger partial charge in [-0.05, 0) is 31.8 Å². The van der Waals surface area contributed by atoms with Gasteiger partial charge in [0, 0.05) is 6.54 Å². The Kier molecular flexibility index (Phi) is 5.21. The van der Waals surface area contributed by atoms with Crippen molar-refractivity contribution in [3.8, 4) is 0 Å². The highest BCUT2D eigenvalue weighted by molar-refractivity contribution is 7.89. The van der Waals surface area contributed by atoms with Gasteiger partial charge in [0.15, 0.2) is 0 Å². The van der Waals surface area contributed by atoms with Crippen LogP contribution in [0.5, 0.6) is 0 Å². The second kappa shape index (κ2) is 6.01. The van der Waals surface area contributed by atoms with Crippen LogP contribution in [0.1, 0.15) is 19.3 Å². The third kappa shape index (κ3) is 6.85. The van der Waals surface area contributed by atoms with Crippen molar-refractivity contribution in [2.24, 2.45) is 5.92 Å². The van der Waals surface area contributed by atoms with Crippen molar-refractivity contribution < 1.29 is 21.6 Å². The molecule has 8 heteroatoms. The standard InChI is InChI=1S/C9H17F3N2O2S/c10-9(11,12)3-6-14-17(15,16)7-8-1-4-13-5-2-8/h8,13-14H,1-7H2. The van der Waals surface area contributed by atoms with Crippen molar-refractivity contribution in [3.63, 3.8) is 0 Å². The van der Waals surface area contributed by atoms with E-state index < -0.39 is 29.2 Å². The van der Waals surface area contributed by atoms with Gasteiger partial charge in [0.05, 0.1) is 12.2 Å². The summed E-state index contributed by atoms with van der Waals surface area (Å²) < 4.78 is 60.5. The minimum absolute atomic E-state index is 0.0413. The van der Waals surface area contributed by atoms with E-state index in [0.29, 0.717) is 0 Å². The summed E-state index contributed by atoms with van der Waals surface area (Å²) in [5.41, 5.74) is 0. The number of rotatable bonds is 5. The van der Waals surface area contributed by atoms with E-state index in [9.17, 15) is 21.6 Å². The fourth-order valence-electron chi connectivity index (χ4n) is 1.77. The lowest BCUT2D eigenvalue weighted by atomic mass is 10.0. The van der Waals surface area contributed by atoms with Crippen molar-refractivity contribution in [3.05, 3.63) is 0 Å². The molecule has 0 aromatic heterocycles. The maximum absolute atomic E-state index is 11.8. The molecule has 1 aliphatic heterocycles. The second-order valence-corrected chi connectivity index (χ2v) is 6.09. The smallest absolute Gasteiger partial charge is 0.317 e. The van der Waals surface area contributed by atoms with Gasteiger partial charge in [-0.15, -0.1) is 0 Å². The van der Waals surface area contributed by atoms with Crippen LogP contribution in [0.4, 0.5) is 13.2 Å². The summed E-state index contributed by atoms with van der Waals surface area (Å²) in [4.78, 5) is 0. The Balaban J connectivity index is 2.30. The second-order valence-electron chi connectivity index (χ2n) is 4.23. The Morgan fingerprint density at radius 2 is 1.82 bits per heavy atom. The zero-order valence-corrected chi connectivity index (χ0v) is 10.2. The first-order valence-corrected chi connectivity index (χ1v) is 7.18. The van der Waals surface area contributed by atoms with Gasteiger partial charge in [-0.2, -0.15) is 13.2 Å². The Labute approximate surface area is 99.0 Å². The van der Waals surface area contributed by atoms with Crippen LogP contribution in [-0.4, -0.2) is 40.0 Å². The summed E-state index contributed by atoms with van der Waals surface area (Å²) in [6, 6.07) is 0. The summed E-state index contributed by atoms with van der Waals surface area (Å²) >= 11 is 0. The third-order valence-corrected chi connectivity index (χ3v) is 4.20. The molecule has 1 saturated heterocycles. The molecule has 0 saturated carbocycles. The average molecular weight is 274 g/mol. The normalized spacial score (nSPS) is 19.5. The molecule has 1 rings (SSSR count). The summed E-state index contributed by atoms with van der Waals surface area (Å²) in [5, 5.41) is 3.10. The fourth-order valence-corrected chi connectivity index (χ4v) is 3.25. The van der Waals surface area contributed by atoms with Crippen LogP contribution in [0.15, 0.2) is 0 Å². The molecule has 17 heavy (non-hydrogen) atoms. The molecular weight excluding hydrogens is 257 g/mol. The molecular formula is C9H17F3N2O2S. The molecule has 102 valence electrons. The fraction of sp³-hybridized carbons (Fsp3) is 1.00. The molecule has 0 aromatic carbocycles. The lowest BCUT2D eigenvalue weighted by molar-refractivity contribution is -0.132. The molecule has 0 aromatic rings. The summed E-state index contributed by atoms with van der Waals surface area (Å²) in [6.45, 7) is 0.961. The summed E-state index contributed by atoms with van der Waals surface area (Å²) in [7, 11) is -3.58. The maximum atomic E-state index is 11.8. The van der Waals surface area contributed by atoms with Crippen molar-refractivity contribution in [2.45, 2.75) is 25.4 Å². The van der Waals surface area contributed by atoms with Gasteiger partial charge in [-0.1, -0.05) is 0 Å². The monoisotopic (exact) mass is 274 g/mol. The Bertz CT molecular complexity index is 324. The Hall–Kier alpha value is -0.340. The largest absolute Gasteiger partial charge is 0.390 e. The number of hydrogen-bond donors (Lipinski definition) is 2. The van der Waals surface area contributed by atoms with Crippen molar-refractivity contribution in [1.82, 2.24) is 10.0 Å². The Morgan fingerprint density at radius 3 is 2.35 bits per heavy atom. The molecule has 4 nitrogen and oxygen atoms in total. The van der Waals surface area contributed by atoms with Gasteiger partial charge in [-0.3, -0.25) is 0 Å². The first-order valence-electron chi connectivity index (χ1n) is 5.53. The van der Waals surface area contributed by atoms with E-state index in [0.717, 1.165) is 25.9 Å². The first-order chi connectivity index (χ1) is 7.79. The highest BCUT2D eigenvalue weighted by atomic mass is 32.2. The highest BCUT2D eigenvalue weighted by Crippen LogP contribution is 2.19. The zero-order chi connectivity index (χ0) is 12.9. The van der Waals surface area contributed by atoms with E-state index in [1.165, 1.54) is 0 Å². The summed E-state index contributed by atoms with van der Waals surface area (Å²) in [5.74, 6) is -0.0355. The molecule has 0 aliphatic carbocycles. The lowest BCUT2D eigenvalue weighted by Crippen LogP contribution is -2.36. The van der Waals surface area contributed by atoms with Crippen molar-refractivity contribution >= 4 is 10.0 Å². The topological polar surface area (TPSA) is 58.2 Å². The number of halogens is 3. The quantitative estimate of drug-likeness (QED) is 0.781. The molecule has 1 fully saturated rings. The van der Waals surface area contributed by atoms with E-state index in [2.05, 4.69) is 5.32 Å². The van der Waals surface area contributed by atoms with Crippen LogP contribution in [0.3, 0.4) is 0 Å². The van der Waals surface area contributed by atoms with Crippen LogP contribution >= 0.6 is 0 Å². The number of hydrogen-bond acceptors (Lipinski definition) is 3. The van der Waals surface area contributed by atoms with Crippen LogP contribution in [0.25, 0.3) is 0 Å². The molecule has 0 amide bonds. The lowest BCUT2D eigenvalue weighted by Gasteiger charge is -2.22. The van der Waals surface area contributed by atoms with Gasteiger partial charge in [0.25, 0.3) is 0 Å². The van der Waals surface area contributed by atoms with E-state index in [1.54, 1.807) is 0 Å². The van der Waals surface area contributed by atoms with Crippen molar-refractivity contribution in [2.75, 3.05) is 25.4 Å². The van der Waals surface area contributed by atoms with Crippen LogP contribution in [0.2, 0.25) is 0 Å². The van der Waals surface area contributed by atoms with Crippen LogP contribution < -0.4 is 10.0 Å². The molecule has 0 atom stereocenters. The van der Waals surface area contributed by atoms with Gasteiger partial charge in [-0.25, -0.2) is 13.1 Å². The molecule has 1 heterocycles. The van der Waals surface area contributed by atoms with Gasteiger partial charge < -0.3 is 5.32 Å². The number of piperidine rings is 1. The van der Waals surface area contributed by atoms with Gasteiger partial charge in [0.2, 0.25) is 10.0 Å². The van der Waals surface area contributed by atoms with Crippen LogP contribution in [0, 0.1) is 5.92 Å². The van der Waals surface area contributed by atoms with Crippen LogP contribution in [-0.2, 0) is 10.0 Å².